The van der Waals surface area contributed by atoms with Crippen LogP contribution in [0.3, 0.4) is 0 Å². The van der Waals surface area contributed by atoms with Gasteiger partial charge in [-0.05, 0) is 53.2 Å². The van der Waals surface area contributed by atoms with Crippen molar-refractivity contribution in [2.24, 2.45) is 0 Å². The first-order chi connectivity index (χ1) is 14.7. The van der Waals surface area contributed by atoms with Crippen LogP contribution in [-0.4, -0.2) is 24.4 Å². The Balaban J connectivity index is 1.75. The highest BCUT2D eigenvalue weighted by molar-refractivity contribution is 5.93. The summed E-state index contributed by atoms with van der Waals surface area (Å²) in [5.74, 6) is 0.598. The Kier molecular flexibility index (Phi) is 9.26. The number of rotatable bonds is 9. The molecule has 0 bridgehead atoms. The molecule has 2 rings (SSSR count). The number of carbonyl (C=O) groups is 2. The second-order valence-electron chi connectivity index (χ2n) is 8.46. The van der Waals surface area contributed by atoms with Crippen molar-refractivity contribution in [3.63, 3.8) is 0 Å². The van der Waals surface area contributed by atoms with Gasteiger partial charge in [0.05, 0.1) is 0 Å². The van der Waals surface area contributed by atoms with Gasteiger partial charge in [0.25, 0.3) is 0 Å². The highest BCUT2D eigenvalue weighted by Crippen LogP contribution is 2.16. The highest BCUT2D eigenvalue weighted by Gasteiger charge is 2.06. The Morgan fingerprint density at radius 3 is 1.55 bits per heavy atom. The maximum atomic E-state index is 12.1. The lowest BCUT2D eigenvalue weighted by atomic mass is 10.0. The number of nitrogens with one attached hydrogen (secondary N) is 2. The van der Waals surface area contributed by atoms with Gasteiger partial charge in [-0.2, -0.15) is 0 Å². The normalized spacial score (nSPS) is 12.6. The summed E-state index contributed by atoms with van der Waals surface area (Å²) in [6, 6.07) is 16.1. The fourth-order valence-corrected chi connectivity index (χ4v) is 2.98. The van der Waals surface area contributed by atoms with Crippen molar-refractivity contribution < 1.29 is 9.59 Å². The molecule has 2 aromatic carbocycles. The predicted octanol–water partition coefficient (Wildman–Crippen LogP) is 5.28. The van der Waals surface area contributed by atoms with Gasteiger partial charge in [0.1, 0.15) is 0 Å². The van der Waals surface area contributed by atoms with Crippen LogP contribution in [0.15, 0.2) is 60.7 Å². The second kappa shape index (κ2) is 11.9. The van der Waals surface area contributed by atoms with Crippen LogP contribution < -0.4 is 10.6 Å². The maximum Gasteiger partial charge on any atom is 0.244 e. The Bertz CT molecular complexity index is 907. The van der Waals surface area contributed by atoms with Crippen molar-refractivity contribution >= 4 is 24.0 Å². The standard InChI is InChI=1S/C27H34N2O2/c1-19(2)24-12-6-22(7-13-24)10-16-26(30)28-18-21(5)29-27(31)17-11-23-8-14-25(15-9-23)20(3)4/h6-17,19-21H,18H2,1-5H3,(H,28,30)(H,29,31)/b16-10+,17-11+. The fraction of sp³-hybridized carbons (Fsp3) is 0.333. The molecule has 1 atom stereocenters. The molecule has 0 aliphatic rings. The van der Waals surface area contributed by atoms with Crippen LogP contribution in [-0.2, 0) is 9.59 Å². The van der Waals surface area contributed by atoms with Crippen LogP contribution in [0.1, 0.15) is 68.7 Å². The molecule has 0 saturated carbocycles. The van der Waals surface area contributed by atoms with Gasteiger partial charge in [-0.15, -0.1) is 0 Å². The van der Waals surface area contributed by atoms with E-state index in [1.807, 2.05) is 31.2 Å². The molecule has 0 aromatic heterocycles. The van der Waals surface area contributed by atoms with Gasteiger partial charge in [-0.25, -0.2) is 0 Å². The number of hydrogen-bond donors (Lipinski definition) is 2. The lowest BCUT2D eigenvalue weighted by Gasteiger charge is -2.12. The summed E-state index contributed by atoms with van der Waals surface area (Å²) >= 11 is 0. The zero-order valence-corrected chi connectivity index (χ0v) is 19.2. The molecule has 0 aliphatic heterocycles. The third kappa shape index (κ3) is 8.63. The number of benzene rings is 2. The quantitative estimate of drug-likeness (QED) is 0.544. The molecule has 164 valence electrons. The van der Waals surface area contributed by atoms with Gasteiger partial charge in [-0.3, -0.25) is 9.59 Å². The van der Waals surface area contributed by atoms with Crippen LogP contribution in [0, 0.1) is 0 Å². The van der Waals surface area contributed by atoms with Crippen LogP contribution in [0.4, 0.5) is 0 Å². The molecule has 1 unspecified atom stereocenters. The van der Waals surface area contributed by atoms with Crippen molar-refractivity contribution in [3.8, 4) is 0 Å². The van der Waals surface area contributed by atoms with Crippen molar-refractivity contribution in [1.29, 1.82) is 0 Å². The van der Waals surface area contributed by atoms with Gasteiger partial charge < -0.3 is 10.6 Å². The summed E-state index contributed by atoms with van der Waals surface area (Å²) in [4.78, 5) is 24.2. The molecule has 4 heteroatoms. The van der Waals surface area contributed by atoms with E-state index >= 15 is 0 Å². The summed E-state index contributed by atoms with van der Waals surface area (Å²) in [6.07, 6.45) is 6.61. The summed E-state index contributed by atoms with van der Waals surface area (Å²) in [5.41, 5.74) is 4.50. The van der Waals surface area contributed by atoms with E-state index in [1.54, 1.807) is 12.2 Å². The smallest absolute Gasteiger partial charge is 0.244 e. The van der Waals surface area contributed by atoms with E-state index in [0.29, 0.717) is 18.4 Å². The zero-order valence-electron chi connectivity index (χ0n) is 19.2. The predicted molar refractivity (Wildman–Crippen MR) is 130 cm³/mol. The molecule has 0 spiro atoms. The van der Waals surface area contributed by atoms with E-state index in [9.17, 15) is 9.59 Å². The molecule has 31 heavy (non-hydrogen) atoms. The summed E-state index contributed by atoms with van der Waals surface area (Å²) in [7, 11) is 0. The van der Waals surface area contributed by atoms with E-state index in [0.717, 1.165) is 11.1 Å². The van der Waals surface area contributed by atoms with Crippen LogP contribution in [0.5, 0.6) is 0 Å². The SMILES string of the molecule is CC(CNC(=O)/C=C/c1ccc(C(C)C)cc1)NC(=O)/C=C/c1ccc(C(C)C)cc1. The molecule has 2 amide bonds. The van der Waals surface area contributed by atoms with Crippen LogP contribution in [0.25, 0.3) is 12.2 Å². The van der Waals surface area contributed by atoms with Crippen LogP contribution >= 0.6 is 0 Å². The molecule has 0 radical (unpaired) electrons. The van der Waals surface area contributed by atoms with Crippen molar-refractivity contribution in [2.45, 2.75) is 52.5 Å². The van der Waals surface area contributed by atoms with E-state index in [2.05, 4.69) is 62.6 Å². The Morgan fingerprint density at radius 1 is 0.710 bits per heavy atom. The van der Waals surface area contributed by atoms with Crippen molar-refractivity contribution in [1.82, 2.24) is 10.6 Å². The topological polar surface area (TPSA) is 58.2 Å². The van der Waals surface area contributed by atoms with Gasteiger partial charge in [0.2, 0.25) is 11.8 Å². The molecule has 0 heterocycles. The Labute approximate surface area is 186 Å². The average molecular weight is 419 g/mol. The third-order valence-corrected chi connectivity index (χ3v) is 5.03. The fourth-order valence-electron chi connectivity index (χ4n) is 2.98. The first-order valence-corrected chi connectivity index (χ1v) is 10.9. The van der Waals surface area contributed by atoms with E-state index in [4.69, 9.17) is 0 Å². The van der Waals surface area contributed by atoms with Gasteiger partial charge in [0.15, 0.2) is 0 Å². The van der Waals surface area contributed by atoms with E-state index in [1.165, 1.54) is 23.3 Å². The molecule has 2 aromatic rings. The second-order valence-corrected chi connectivity index (χ2v) is 8.46. The molecular weight excluding hydrogens is 384 g/mol. The Hall–Kier alpha value is -3.14. The molecule has 2 N–H and O–H groups in total. The summed E-state index contributed by atoms with van der Waals surface area (Å²) in [5, 5.41) is 5.67. The summed E-state index contributed by atoms with van der Waals surface area (Å²) < 4.78 is 0. The number of hydrogen-bond acceptors (Lipinski definition) is 2. The maximum absolute atomic E-state index is 12.1. The average Bonchev–Trinajstić information content (AvgIpc) is 2.75. The van der Waals surface area contributed by atoms with Crippen molar-refractivity contribution in [3.05, 3.63) is 82.9 Å². The minimum absolute atomic E-state index is 0.178. The first kappa shape index (κ1) is 24.1. The largest absolute Gasteiger partial charge is 0.351 e. The first-order valence-electron chi connectivity index (χ1n) is 10.9. The molecule has 0 aliphatic carbocycles. The van der Waals surface area contributed by atoms with Gasteiger partial charge in [0, 0.05) is 24.7 Å². The highest BCUT2D eigenvalue weighted by atomic mass is 16.2. The minimum Gasteiger partial charge on any atom is -0.351 e. The zero-order chi connectivity index (χ0) is 22.8. The minimum atomic E-state index is -0.185. The molecule has 0 saturated heterocycles. The molecular formula is C27H34N2O2. The Morgan fingerprint density at radius 2 is 1.13 bits per heavy atom. The molecule has 4 nitrogen and oxygen atoms in total. The van der Waals surface area contributed by atoms with E-state index in [-0.39, 0.29) is 17.9 Å². The molecule has 0 fully saturated rings. The lowest BCUT2D eigenvalue weighted by molar-refractivity contribution is -0.118. The van der Waals surface area contributed by atoms with E-state index < -0.39 is 0 Å². The lowest BCUT2D eigenvalue weighted by Crippen LogP contribution is -2.40. The van der Waals surface area contributed by atoms with Crippen molar-refractivity contribution in [2.75, 3.05) is 6.54 Å². The monoisotopic (exact) mass is 418 g/mol. The van der Waals surface area contributed by atoms with Gasteiger partial charge >= 0.3 is 0 Å². The van der Waals surface area contributed by atoms with Crippen LogP contribution in [0.2, 0.25) is 0 Å². The number of amides is 2. The van der Waals surface area contributed by atoms with Gasteiger partial charge in [-0.1, -0.05) is 76.2 Å². The number of carbonyl (C=O) groups excluding carboxylic acids is 2. The third-order valence-electron chi connectivity index (χ3n) is 5.03. The summed E-state index contributed by atoms with van der Waals surface area (Å²) in [6.45, 7) is 10.8.